The molecule has 0 saturated heterocycles. The lowest BCUT2D eigenvalue weighted by Gasteiger charge is -2.09. The number of nitrogens with one attached hydrogen (secondary N) is 1. The molecular formula is C16H15N3O5. The lowest BCUT2D eigenvalue weighted by atomic mass is 10.1. The van der Waals surface area contributed by atoms with Crippen LogP contribution < -0.4 is 5.32 Å². The van der Waals surface area contributed by atoms with Gasteiger partial charge in [-0.05, 0) is 24.1 Å². The Balaban J connectivity index is 2.22. The van der Waals surface area contributed by atoms with E-state index in [4.69, 9.17) is 0 Å². The average molecular weight is 329 g/mol. The molecule has 0 aromatic heterocycles. The van der Waals surface area contributed by atoms with Crippen molar-refractivity contribution in [3.63, 3.8) is 0 Å². The summed E-state index contributed by atoms with van der Waals surface area (Å²) in [6.45, 7) is 1.95. The first-order chi connectivity index (χ1) is 11.4. The molecule has 0 aliphatic rings. The number of rotatable bonds is 6. The van der Waals surface area contributed by atoms with E-state index in [1.54, 1.807) is 12.1 Å². The molecule has 1 amide bonds. The summed E-state index contributed by atoms with van der Waals surface area (Å²) < 4.78 is 0. The van der Waals surface area contributed by atoms with Crippen LogP contribution in [0.2, 0.25) is 0 Å². The number of nitro groups is 2. The van der Waals surface area contributed by atoms with E-state index in [2.05, 4.69) is 5.32 Å². The number of carbonyl (C=O) groups is 1. The summed E-state index contributed by atoms with van der Waals surface area (Å²) in [6.07, 6.45) is 0.487. The number of amides is 1. The zero-order chi connectivity index (χ0) is 17.7. The molecule has 0 unspecified atom stereocenters. The lowest BCUT2D eigenvalue weighted by molar-refractivity contribution is -0.394. The summed E-state index contributed by atoms with van der Waals surface area (Å²) in [6, 6.07) is 10.5. The van der Waals surface area contributed by atoms with Crippen molar-refractivity contribution in [2.75, 3.05) is 5.32 Å². The van der Waals surface area contributed by atoms with E-state index in [9.17, 15) is 25.0 Å². The van der Waals surface area contributed by atoms with Gasteiger partial charge in [0.15, 0.2) is 0 Å². The molecule has 0 spiro atoms. The standard InChI is InChI=1S/C16H15N3O5/c1-2-11-5-3-4-6-14(11)17-16(20)9-12-7-8-13(18(21)22)10-15(12)19(23)24/h3-8,10H,2,9H2,1H3,(H,17,20). The second-order valence-electron chi connectivity index (χ2n) is 5.06. The highest BCUT2D eigenvalue weighted by atomic mass is 16.6. The maximum atomic E-state index is 12.2. The van der Waals surface area contributed by atoms with Gasteiger partial charge in [0.05, 0.1) is 22.3 Å². The van der Waals surface area contributed by atoms with E-state index in [0.29, 0.717) is 5.69 Å². The Morgan fingerprint density at radius 2 is 1.75 bits per heavy atom. The SMILES string of the molecule is CCc1ccccc1NC(=O)Cc1ccc([N+](=O)[O-])cc1[N+](=O)[O-]. The molecule has 0 aliphatic carbocycles. The third kappa shape index (κ3) is 3.92. The van der Waals surface area contributed by atoms with Crippen molar-refractivity contribution in [2.45, 2.75) is 19.8 Å². The lowest BCUT2D eigenvalue weighted by Crippen LogP contribution is -2.16. The van der Waals surface area contributed by atoms with Crippen LogP contribution >= 0.6 is 0 Å². The van der Waals surface area contributed by atoms with Gasteiger partial charge in [-0.2, -0.15) is 0 Å². The fraction of sp³-hybridized carbons (Fsp3) is 0.188. The van der Waals surface area contributed by atoms with E-state index in [0.717, 1.165) is 24.1 Å². The summed E-state index contributed by atoms with van der Waals surface area (Å²) in [7, 11) is 0. The number of non-ortho nitro benzene ring substituents is 1. The van der Waals surface area contributed by atoms with E-state index >= 15 is 0 Å². The van der Waals surface area contributed by atoms with E-state index in [1.807, 2.05) is 19.1 Å². The monoisotopic (exact) mass is 329 g/mol. The largest absolute Gasteiger partial charge is 0.326 e. The van der Waals surface area contributed by atoms with Gasteiger partial charge in [0, 0.05) is 17.3 Å². The molecule has 0 fully saturated rings. The highest BCUT2D eigenvalue weighted by Gasteiger charge is 2.21. The molecule has 0 atom stereocenters. The van der Waals surface area contributed by atoms with Crippen molar-refractivity contribution in [1.29, 1.82) is 0 Å². The Bertz CT molecular complexity index is 804. The van der Waals surface area contributed by atoms with Gasteiger partial charge in [0.25, 0.3) is 11.4 Å². The number of aryl methyl sites for hydroxylation is 1. The third-order valence-electron chi connectivity index (χ3n) is 3.50. The Hall–Kier alpha value is -3.29. The van der Waals surface area contributed by atoms with Crippen LogP contribution in [0.3, 0.4) is 0 Å². The van der Waals surface area contributed by atoms with Crippen LogP contribution in [0.5, 0.6) is 0 Å². The van der Waals surface area contributed by atoms with Gasteiger partial charge in [0.1, 0.15) is 0 Å². The number of para-hydroxylation sites is 1. The molecule has 124 valence electrons. The van der Waals surface area contributed by atoms with Crippen molar-refractivity contribution < 1.29 is 14.6 Å². The molecule has 8 nitrogen and oxygen atoms in total. The second-order valence-corrected chi connectivity index (χ2v) is 5.06. The summed E-state index contributed by atoms with van der Waals surface area (Å²) in [5, 5.41) is 24.5. The fourth-order valence-corrected chi connectivity index (χ4v) is 2.30. The average Bonchev–Trinajstić information content (AvgIpc) is 2.55. The van der Waals surface area contributed by atoms with Crippen LogP contribution in [0, 0.1) is 20.2 Å². The van der Waals surface area contributed by atoms with Gasteiger partial charge in [-0.1, -0.05) is 25.1 Å². The van der Waals surface area contributed by atoms with Gasteiger partial charge >= 0.3 is 0 Å². The summed E-state index contributed by atoms with van der Waals surface area (Å²) in [5.74, 6) is -0.423. The first kappa shape index (κ1) is 17.1. The molecular weight excluding hydrogens is 314 g/mol. The quantitative estimate of drug-likeness (QED) is 0.645. The van der Waals surface area contributed by atoms with Gasteiger partial charge in [0.2, 0.25) is 5.91 Å². The van der Waals surface area contributed by atoms with E-state index in [-0.39, 0.29) is 17.7 Å². The smallest absolute Gasteiger partial charge is 0.279 e. The minimum absolute atomic E-state index is 0.122. The highest BCUT2D eigenvalue weighted by Crippen LogP contribution is 2.25. The number of hydrogen-bond acceptors (Lipinski definition) is 5. The molecule has 2 aromatic carbocycles. The minimum atomic E-state index is -0.727. The second kappa shape index (κ2) is 7.32. The Labute approximate surface area is 137 Å². The molecule has 2 aromatic rings. The van der Waals surface area contributed by atoms with Gasteiger partial charge < -0.3 is 5.32 Å². The van der Waals surface area contributed by atoms with Gasteiger partial charge in [-0.15, -0.1) is 0 Å². The molecule has 8 heteroatoms. The van der Waals surface area contributed by atoms with Crippen LogP contribution in [-0.2, 0) is 17.6 Å². The van der Waals surface area contributed by atoms with Crippen molar-refractivity contribution >= 4 is 23.0 Å². The molecule has 1 N–H and O–H groups in total. The topological polar surface area (TPSA) is 115 Å². The van der Waals surface area contributed by atoms with Crippen molar-refractivity contribution in [3.8, 4) is 0 Å². The predicted molar refractivity (Wildman–Crippen MR) is 87.9 cm³/mol. The first-order valence-electron chi connectivity index (χ1n) is 7.21. The Kier molecular flexibility index (Phi) is 5.20. The Morgan fingerprint density at radius 1 is 1.04 bits per heavy atom. The molecule has 24 heavy (non-hydrogen) atoms. The van der Waals surface area contributed by atoms with Crippen LogP contribution in [0.15, 0.2) is 42.5 Å². The van der Waals surface area contributed by atoms with E-state index in [1.165, 1.54) is 6.07 Å². The number of nitro benzene ring substituents is 2. The molecule has 0 radical (unpaired) electrons. The molecule has 0 heterocycles. The first-order valence-corrected chi connectivity index (χ1v) is 7.21. The maximum Gasteiger partial charge on any atom is 0.279 e. The number of nitrogens with zero attached hydrogens (tertiary/aromatic N) is 2. The van der Waals surface area contributed by atoms with Gasteiger partial charge in [-0.3, -0.25) is 25.0 Å². The number of carbonyl (C=O) groups excluding carboxylic acids is 1. The molecule has 0 bridgehead atoms. The number of hydrogen-bond donors (Lipinski definition) is 1. The van der Waals surface area contributed by atoms with Crippen molar-refractivity contribution in [3.05, 3.63) is 73.8 Å². The van der Waals surface area contributed by atoms with Crippen LogP contribution in [-0.4, -0.2) is 15.8 Å². The summed E-state index contributed by atoms with van der Waals surface area (Å²) in [4.78, 5) is 32.5. The molecule has 2 rings (SSSR count). The summed E-state index contributed by atoms with van der Waals surface area (Å²) >= 11 is 0. The fourth-order valence-electron chi connectivity index (χ4n) is 2.30. The number of benzene rings is 2. The molecule has 0 aliphatic heterocycles. The van der Waals surface area contributed by atoms with Crippen LogP contribution in [0.1, 0.15) is 18.1 Å². The summed E-state index contributed by atoms with van der Waals surface area (Å²) in [5.41, 5.74) is 0.890. The molecule has 0 saturated carbocycles. The zero-order valence-electron chi connectivity index (χ0n) is 12.9. The predicted octanol–water partition coefficient (Wildman–Crippen LogP) is 3.25. The highest BCUT2D eigenvalue weighted by molar-refractivity contribution is 5.93. The maximum absolute atomic E-state index is 12.2. The zero-order valence-corrected chi connectivity index (χ0v) is 12.9. The minimum Gasteiger partial charge on any atom is -0.326 e. The van der Waals surface area contributed by atoms with E-state index < -0.39 is 21.4 Å². The third-order valence-corrected chi connectivity index (χ3v) is 3.50. The van der Waals surface area contributed by atoms with Crippen LogP contribution in [0.25, 0.3) is 0 Å². The number of anilines is 1. The van der Waals surface area contributed by atoms with Gasteiger partial charge in [-0.25, -0.2) is 0 Å². The normalized spacial score (nSPS) is 10.2. The Morgan fingerprint density at radius 3 is 2.38 bits per heavy atom. The van der Waals surface area contributed by atoms with Crippen LogP contribution in [0.4, 0.5) is 17.1 Å². The van der Waals surface area contributed by atoms with Crippen molar-refractivity contribution in [1.82, 2.24) is 0 Å². The van der Waals surface area contributed by atoms with Crippen molar-refractivity contribution in [2.24, 2.45) is 0 Å².